The first-order valence-corrected chi connectivity index (χ1v) is 6.70. The Balaban J connectivity index is 3.05. The highest BCUT2D eigenvalue weighted by Crippen LogP contribution is 2.33. The standard InChI is InChI=1S/C15H24N2O4/c1-14(2,3)21-13(19)17-12-7-6-10(18)8-11(12)15(4,5)9-20-16/h6-8,18H,9,16H2,1-5H3,(H,17,19). The third-order valence-electron chi connectivity index (χ3n) is 2.81. The molecule has 0 radical (unpaired) electrons. The summed E-state index contributed by atoms with van der Waals surface area (Å²) in [5, 5.41) is 12.4. The van der Waals surface area contributed by atoms with Crippen molar-refractivity contribution in [2.24, 2.45) is 5.90 Å². The Morgan fingerprint density at radius 1 is 1.29 bits per heavy atom. The highest BCUT2D eigenvalue weighted by atomic mass is 16.6. The maximum Gasteiger partial charge on any atom is 0.412 e. The molecule has 1 aromatic rings. The lowest BCUT2D eigenvalue weighted by molar-refractivity contribution is 0.0635. The van der Waals surface area contributed by atoms with E-state index < -0.39 is 17.1 Å². The van der Waals surface area contributed by atoms with Gasteiger partial charge in [0, 0.05) is 11.1 Å². The summed E-state index contributed by atoms with van der Waals surface area (Å²) in [7, 11) is 0. The van der Waals surface area contributed by atoms with E-state index in [1.54, 1.807) is 32.9 Å². The van der Waals surface area contributed by atoms with Gasteiger partial charge in [-0.15, -0.1) is 0 Å². The first kappa shape index (κ1) is 17.3. The molecule has 0 heterocycles. The zero-order valence-corrected chi connectivity index (χ0v) is 13.2. The Morgan fingerprint density at radius 3 is 2.43 bits per heavy atom. The van der Waals surface area contributed by atoms with Crippen molar-refractivity contribution in [3.05, 3.63) is 23.8 Å². The molecule has 0 atom stereocenters. The van der Waals surface area contributed by atoms with Gasteiger partial charge in [0.2, 0.25) is 0 Å². The highest BCUT2D eigenvalue weighted by Gasteiger charge is 2.26. The molecule has 1 aromatic carbocycles. The second kappa shape index (κ2) is 6.32. The van der Waals surface area contributed by atoms with Crippen LogP contribution in [0.1, 0.15) is 40.2 Å². The van der Waals surface area contributed by atoms with E-state index in [1.807, 2.05) is 13.8 Å². The van der Waals surface area contributed by atoms with Gasteiger partial charge in [-0.1, -0.05) is 13.8 Å². The molecule has 0 aliphatic rings. The summed E-state index contributed by atoms with van der Waals surface area (Å²) in [6, 6.07) is 4.69. The van der Waals surface area contributed by atoms with Gasteiger partial charge in [-0.2, -0.15) is 0 Å². The molecular weight excluding hydrogens is 272 g/mol. The summed E-state index contributed by atoms with van der Waals surface area (Å²) in [5.74, 6) is 5.25. The van der Waals surface area contributed by atoms with Gasteiger partial charge in [0.05, 0.1) is 6.61 Å². The Bertz CT molecular complexity index is 507. The molecule has 1 rings (SSSR count). The molecule has 6 nitrogen and oxygen atoms in total. The predicted molar refractivity (Wildman–Crippen MR) is 81.1 cm³/mol. The number of hydrogen-bond acceptors (Lipinski definition) is 5. The van der Waals surface area contributed by atoms with Crippen molar-refractivity contribution in [1.82, 2.24) is 0 Å². The largest absolute Gasteiger partial charge is 0.508 e. The molecule has 0 aromatic heterocycles. The maximum absolute atomic E-state index is 11.9. The number of nitrogens with one attached hydrogen (secondary N) is 1. The van der Waals surface area contributed by atoms with Gasteiger partial charge in [0.25, 0.3) is 0 Å². The van der Waals surface area contributed by atoms with Gasteiger partial charge in [-0.3, -0.25) is 5.32 Å². The zero-order chi connectivity index (χ0) is 16.3. The van der Waals surface area contributed by atoms with E-state index in [2.05, 4.69) is 5.32 Å². The number of benzene rings is 1. The van der Waals surface area contributed by atoms with Crippen LogP contribution in [0.4, 0.5) is 10.5 Å². The molecular formula is C15H24N2O4. The first-order valence-electron chi connectivity index (χ1n) is 6.70. The van der Waals surface area contributed by atoms with Gasteiger partial charge in [-0.05, 0) is 44.5 Å². The van der Waals surface area contributed by atoms with Crippen LogP contribution < -0.4 is 11.2 Å². The van der Waals surface area contributed by atoms with Crippen molar-refractivity contribution in [1.29, 1.82) is 0 Å². The molecule has 0 spiro atoms. The SMILES string of the molecule is CC(C)(C)OC(=O)Nc1ccc(O)cc1C(C)(C)CON. The van der Waals surface area contributed by atoms with E-state index >= 15 is 0 Å². The number of hydrogen-bond donors (Lipinski definition) is 3. The number of phenols is 1. The average Bonchev–Trinajstić information content (AvgIpc) is 2.28. The zero-order valence-electron chi connectivity index (χ0n) is 13.2. The molecule has 0 bridgehead atoms. The van der Waals surface area contributed by atoms with Gasteiger partial charge in [0.15, 0.2) is 0 Å². The summed E-state index contributed by atoms with van der Waals surface area (Å²) >= 11 is 0. The van der Waals surface area contributed by atoms with Crippen molar-refractivity contribution >= 4 is 11.8 Å². The van der Waals surface area contributed by atoms with Gasteiger partial charge >= 0.3 is 6.09 Å². The fourth-order valence-corrected chi connectivity index (χ4v) is 1.90. The van der Waals surface area contributed by atoms with E-state index in [-0.39, 0.29) is 12.4 Å². The molecule has 0 aliphatic carbocycles. The normalized spacial score (nSPS) is 12.1. The lowest BCUT2D eigenvalue weighted by atomic mass is 9.84. The lowest BCUT2D eigenvalue weighted by Crippen LogP contribution is -2.30. The van der Waals surface area contributed by atoms with Crippen LogP contribution in [0.2, 0.25) is 0 Å². The molecule has 0 saturated heterocycles. The van der Waals surface area contributed by atoms with Crippen LogP contribution in [0.3, 0.4) is 0 Å². The molecule has 1 amide bonds. The fraction of sp³-hybridized carbons (Fsp3) is 0.533. The number of aromatic hydroxyl groups is 1. The number of amides is 1. The maximum atomic E-state index is 11.9. The Hall–Kier alpha value is -1.79. The van der Waals surface area contributed by atoms with Crippen LogP contribution in [0.15, 0.2) is 18.2 Å². The van der Waals surface area contributed by atoms with Crippen molar-refractivity contribution in [2.45, 2.75) is 45.6 Å². The number of anilines is 1. The quantitative estimate of drug-likeness (QED) is 0.586. The molecule has 0 saturated carbocycles. The second-order valence-corrected chi connectivity index (χ2v) is 6.55. The Kier molecular flexibility index (Phi) is 5.20. The van der Waals surface area contributed by atoms with E-state index in [9.17, 15) is 9.90 Å². The number of ether oxygens (including phenoxy) is 1. The van der Waals surface area contributed by atoms with Gasteiger partial charge < -0.3 is 14.7 Å². The molecule has 21 heavy (non-hydrogen) atoms. The summed E-state index contributed by atoms with van der Waals surface area (Å²) in [6.07, 6.45) is -0.557. The van der Waals surface area contributed by atoms with E-state index in [4.69, 9.17) is 15.5 Å². The summed E-state index contributed by atoms with van der Waals surface area (Å²) in [4.78, 5) is 16.6. The summed E-state index contributed by atoms with van der Waals surface area (Å²) < 4.78 is 5.23. The van der Waals surface area contributed by atoms with E-state index in [0.29, 0.717) is 11.3 Å². The number of rotatable bonds is 4. The van der Waals surface area contributed by atoms with Crippen molar-refractivity contribution in [3.63, 3.8) is 0 Å². The Morgan fingerprint density at radius 2 is 1.90 bits per heavy atom. The van der Waals surface area contributed by atoms with Gasteiger partial charge in [0.1, 0.15) is 11.4 Å². The molecule has 4 N–H and O–H groups in total. The molecule has 0 fully saturated rings. The monoisotopic (exact) mass is 296 g/mol. The first-order chi connectivity index (χ1) is 9.55. The van der Waals surface area contributed by atoms with Crippen LogP contribution in [0.5, 0.6) is 5.75 Å². The fourth-order valence-electron chi connectivity index (χ4n) is 1.90. The second-order valence-electron chi connectivity index (χ2n) is 6.55. The highest BCUT2D eigenvalue weighted by molar-refractivity contribution is 5.86. The topological polar surface area (TPSA) is 93.8 Å². The average molecular weight is 296 g/mol. The number of carbonyl (C=O) groups excluding carboxylic acids is 1. The van der Waals surface area contributed by atoms with Crippen LogP contribution in [-0.2, 0) is 15.0 Å². The molecule has 0 aliphatic heterocycles. The molecule has 6 heteroatoms. The summed E-state index contributed by atoms with van der Waals surface area (Å²) in [5.41, 5.74) is 0.178. The molecule has 118 valence electrons. The van der Waals surface area contributed by atoms with Crippen LogP contribution in [-0.4, -0.2) is 23.4 Å². The van der Waals surface area contributed by atoms with Crippen LogP contribution in [0, 0.1) is 0 Å². The van der Waals surface area contributed by atoms with Gasteiger partial charge in [-0.25, -0.2) is 10.7 Å². The minimum atomic E-state index is -0.586. The lowest BCUT2D eigenvalue weighted by Gasteiger charge is -2.27. The van der Waals surface area contributed by atoms with E-state index in [1.165, 1.54) is 6.07 Å². The minimum absolute atomic E-state index is 0.102. The number of nitrogens with two attached hydrogens (primary N) is 1. The van der Waals surface area contributed by atoms with Crippen molar-refractivity contribution < 1.29 is 19.5 Å². The molecule has 0 unspecified atom stereocenters. The van der Waals surface area contributed by atoms with E-state index in [0.717, 1.165) is 0 Å². The third kappa shape index (κ3) is 5.24. The van der Waals surface area contributed by atoms with Crippen LogP contribution in [0.25, 0.3) is 0 Å². The summed E-state index contributed by atoms with van der Waals surface area (Å²) in [6.45, 7) is 9.40. The Labute approximate surface area is 125 Å². The van der Waals surface area contributed by atoms with Crippen molar-refractivity contribution in [2.75, 3.05) is 11.9 Å². The predicted octanol–water partition coefficient (Wildman–Crippen LogP) is 2.91. The number of phenolic OH excluding ortho intramolecular Hbond substituents is 1. The smallest absolute Gasteiger partial charge is 0.412 e. The third-order valence-corrected chi connectivity index (χ3v) is 2.81. The number of carbonyl (C=O) groups is 1. The van der Waals surface area contributed by atoms with Crippen molar-refractivity contribution in [3.8, 4) is 5.75 Å². The minimum Gasteiger partial charge on any atom is -0.508 e. The van der Waals surface area contributed by atoms with Crippen LogP contribution >= 0.6 is 0 Å².